The summed E-state index contributed by atoms with van der Waals surface area (Å²) in [5.41, 5.74) is 1.85. The van der Waals surface area contributed by atoms with Crippen LogP contribution in [0.4, 0.5) is 0 Å². The number of hydrogen-bond donors (Lipinski definition) is 0. The fraction of sp³-hybridized carbons (Fsp3) is 0.273. The Morgan fingerprint density at radius 1 is 1.24 bits per heavy atom. The standard InChI is InChI=1S/C11H11Cl2N3O/c1-17-3-2-16-7-9(6-14-16)8-4-10(12)15-11(13)5-8/h4-7H,2-3H2,1H3. The minimum Gasteiger partial charge on any atom is -0.383 e. The van der Waals surface area contributed by atoms with E-state index in [1.165, 1.54) is 0 Å². The number of pyridine rings is 1. The molecule has 0 saturated carbocycles. The molecule has 0 aliphatic heterocycles. The van der Waals surface area contributed by atoms with Gasteiger partial charge in [0.2, 0.25) is 0 Å². The summed E-state index contributed by atoms with van der Waals surface area (Å²) in [6.45, 7) is 1.34. The molecule has 0 radical (unpaired) electrons. The van der Waals surface area contributed by atoms with Crippen molar-refractivity contribution < 1.29 is 4.74 Å². The van der Waals surface area contributed by atoms with Gasteiger partial charge in [0, 0.05) is 18.9 Å². The Morgan fingerprint density at radius 2 is 1.94 bits per heavy atom. The van der Waals surface area contributed by atoms with Gasteiger partial charge in [-0.2, -0.15) is 5.10 Å². The summed E-state index contributed by atoms with van der Waals surface area (Å²) < 4.78 is 6.79. The number of aromatic nitrogens is 3. The number of methoxy groups -OCH3 is 1. The molecule has 90 valence electrons. The molecule has 0 unspecified atom stereocenters. The van der Waals surface area contributed by atoms with Gasteiger partial charge in [-0.15, -0.1) is 0 Å². The molecule has 0 aliphatic carbocycles. The zero-order valence-electron chi connectivity index (χ0n) is 9.23. The van der Waals surface area contributed by atoms with Gasteiger partial charge in [-0.3, -0.25) is 4.68 Å². The maximum atomic E-state index is 5.85. The van der Waals surface area contributed by atoms with Crippen LogP contribution in [0.2, 0.25) is 10.3 Å². The van der Waals surface area contributed by atoms with Gasteiger partial charge in [0.1, 0.15) is 10.3 Å². The van der Waals surface area contributed by atoms with Crippen LogP contribution in [0.3, 0.4) is 0 Å². The van der Waals surface area contributed by atoms with Gasteiger partial charge in [-0.1, -0.05) is 23.2 Å². The Kier molecular flexibility index (Phi) is 3.99. The highest BCUT2D eigenvalue weighted by Gasteiger charge is 2.05. The van der Waals surface area contributed by atoms with E-state index in [4.69, 9.17) is 27.9 Å². The predicted octanol–water partition coefficient (Wildman–Crippen LogP) is 2.90. The van der Waals surface area contributed by atoms with E-state index in [2.05, 4.69) is 10.1 Å². The normalized spacial score (nSPS) is 10.8. The highest BCUT2D eigenvalue weighted by molar-refractivity contribution is 6.32. The van der Waals surface area contributed by atoms with Crippen LogP contribution in [0.25, 0.3) is 11.1 Å². The van der Waals surface area contributed by atoms with Crippen molar-refractivity contribution in [2.45, 2.75) is 6.54 Å². The summed E-state index contributed by atoms with van der Waals surface area (Å²) in [5.74, 6) is 0. The van der Waals surface area contributed by atoms with Crippen molar-refractivity contribution in [1.29, 1.82) is 0 Å². The maximum absolute atomic E-state index is 5.85. The molecule has 0 amide bonds. The first-order chi connectivity index (χ1) is 8.19. The third-order valence-corrected chi connectivity index (χ3v) is 2.64. The molecule has 2 aromatic rings. The summed E-state index contributed by atoms with van der Waals surface area (Å²) in [5, 5.41) is 4.96. The van der Waals surface area contributed by atoms with Crippen molar-refractivity contribution in [3.8, 4) is 11.1 Å². The Bertz CT molecular complexity index is 493. The minimum absolute atomic E-state index is 0.372. The van der Waals surface area contributed by atoms with E-state index in [9.17, 15) is 0 Å². The molecular formula is C11H11Cl2N3O. The van der Waals surface area contributed by atoms with E-state index >= 15 is 0 Å². The second-order valence-corrected chi connectivity index (χ2v) is 4.26. The highest BCUT2D eigenvalue weighted by Crippen LogP contribution is 2.24. The van der Waals surface area contributed by atoms with E-state index < -0.39 is 0 Å². The van der Waals surface area contributed by atoms with E-state index in [0.717, 1.165) is 11.1 Å². The summed E-state index contributed by atoms with van der Waals surface area (Å²) in [6.07, 6.45) is 3.68. The summed E-state index contributed by atoms with van der Waals surface area (Å²) >= 11 is 11.7. The molecule has 2 heterocycles. The van der Waals surface area contributed by atoms with Gasteiger partial charge in [0.05, 0.1) is 19.3 Å². The summed E-state index contributed by atoms with van der Waals surface area (Å²) in [7, 11) is 1.66. The van der Waals surface area contributed by atoms with Crippen LogP contribution in [0.15, 0.2) is 24.5 Å². The molecule has 0 saturated heterocycles. The molecule has 0 spiro atoms. The molecule has 0 N–H and O–H groups in total. The zero-order valence-corrected chi connectivity index (χ0v) is 10.7. The molecule has 0 bridgehead atoms. The highest BCUT2D eigenvalue weighted by atomic mass is 35.5. The van der Waals surface area contributed by atoms with Crippen molar-refractivity contribution in [1.82, 2.24) is 14.8 Å². The monoisotopic (exact) mass is 271 g/mol. The fourth-order valence-electron chi connectivity index (χ4n) is 1.45. The average Bonchev–Trinajstić information content (AvgIpc) is 2.73. The van der Waals surface area contributed by atoms with Crippen LogP contribution in [0.1, 0.15) is 0 Å². The first-order valence-corrected chi connectivity index (χ1v) is 5.79. The molecule has 2 rings (SSSR count). The topological polar surface area (TPSA) is 39.9 Å². The van der Waals surface area contributed by atoms with Gasteiger partial charge >= 0.3 is 0 Å². The zero-order chi connectivity index (χ0) is 12.3. The average molecular weight is 272 g/mol. The molecule has 0 fully saturated rings. The molecule has 0 atom stereocenters. The van der Waals surface area contributed by atoms with Crippen molar-refractivity contribution in [3.63, 3.8) is 0 Å². The van der Waals surface area contributed by atoms with Gasteiger partial charge in [0.25, 0.3) is 0 Å². The predicted molar refractivity (Wildman–Crippen MR) is 67.4 cm³/mol. The van der Waals surface area contributed by atoms with Gasteiger partial charge in [-0.25, -0.2) is 4.98 Å². The van der Waals surface area contributed by atoms with Crippen LogP contribution in [-0.4, -0.2) is 28.5 Å². The molecule has 2 aromatic heterocycles. The summed E-state index contributed by atoms with van der Waals surface area (Å²) in [6, 6.07) is 3.51. The van der Waals surface area contributed by atoms with E-state index in [1.807, 2.05) is 6.20 Å². The number of halogens is 2. The summed E-state index contributed by atoms with van der Waals surface area (Å²) in [4.78, 5) is 3.90. The SMILES string of the molecule is COCCn1cc(-c2cc(Cl)nc(Cl)c2)cn1. The largest absolute Gasteiger partial charge is 0.383 e. The van der Waals surface area contributed by atoms with E-state index in [-0.39, 0.29) is 0 Å². The van der Waals surface area contributed by atoms with Gasteiger partial charge in [-0.05, 0) is 17.7 Å². The molecule has 17 heavy (non-hydrogen) atoms. The van der Waals surface area contributed by atoms with Crippen LogP contribution in [-0.2, 0) is 11.3 Å². The second-order valence-electron chi connectivity index (χ2n) is 3.49. The van der Waals surface area contributed by atoms with Crippen LogP contribution >= 0.6 is 23.2 Å². The smallest absolute Gasteiger partial charge is 0.131 e. The Balaban J connectivity index is 2.24. The first kappa shape index (κ1) is 12.4. The van der Waals surface area contributed by atoms with E-state index in [0.29, 0.717) is 23.5 Å². The lowest BCUT2D eigenvalue weighted by Crippen LogP contribution is -2.03. The molecule has 4 nitrogen and oxygen atoms in total. The first-order valence-electron chi connectivity index (χ1n) is 5.04. The van der Waals surface area contributed by atoms with Crippen LogP contribution in [0.5, 0.6) is 0 Å². The molecular weight excluding hydrogens is 261 g/mol. The maximum Gasteiger partial charge on any atom is 0.131 e. The van der Waals surface area contributed by atoms with Gasteiger partial charge in [0.15, 0.2) is 0 Å². The third-order valence-electron chi connectivity index (χ3n) is 2.25. The fourth-order valence-corrected chi connectivity index (χ4v) is 1.91. The number of ether oxygens (including phenoxy) is 1. The molecule has 6 heteroatoms. The lowest BCUT2D eigenvalue weighted by atomic mass is 10.1. The lowest BCUT2D eigenvalue weighted by molar-refractivity contribution is 0.183. The quantitative estimate of drug-likeness (QED) is 0.803. The van der Waals surface area contributed by atoms with E-state index in [1.54, 1.807) is 30.1 Å². The van der Waals surface area contributed by atoms with Crippen LogP contribution in [0, 0.1) is 0 Å². The molecule has 0 aromatic carbocycles. The number of rotatable bonds is 4. The van der Waals surface area contributed by atoms with Crippen molar-refractivity contribution in [2.24, 2.45) is 0 Å². The van der Waals surface area contributed by atoms with Crippen LogP contribution < -0.4 is 0 Å². The Morgan fingerprint density at radius 3 is 2.59 bits per heavy atom. The molecule has 0 aliphatic rings. The van der Waals surface area contributed by atoms with Crippen molar-refractivity contribution in [3.05, 3.63) is 34.8 Å². The van der Waals surface area contributed by atoms with Crippen molar-refractivity contribution in [2.75, 3.05) is 13.7 Å². The second kappa shape index (κ2) is 5.49. The lowest BCUT2D eigenvalue weighted by Gasteiger charge is -2.00. The third kappa shape index (κ3) is 3.19. The number of nitrogens with zero attached hydrogens (tertiary/aromatic N) is 3. The van der Waals surface area contributed by atoms with Crippen molar-refractivity contribution >= 4 is 23.2 Å². The Hall–Kier alpha value is -1.10. The number of hydrogen-bond acceptors (Lipinski definition) is 3. The minimum atomic E-state index is 0.372. The Labute approximate surface area is 109 Å². The van der Waals surface area contributed by atoms with Gasteiger partial charge < -0.3 is 4.74 Å².